The van der Waals surface area contributed by atoms with Crippen LogP contribution in [-0.2, 0) is 10.2 Å². The SMILES string of the molecule is Nc1nc(Br)n(S(N)(=O)=O)n1. The molecule has 0 radical (unpaired) electrons. The second kappa shape index (κ2) is 2.43. The highest BCUT2D eigenvalue weighted by molar-refractivity contribution is 9.10. The highest BCUT2D eigenvalue weighted by Crippen LogP contribution is 2.08. The summed E-state index contributed by atoms with van der Waals surface area (Å²) in [7, 11) is -3.90. The topological polar surface area (TPSA) is 117 Å². The summed E-state index contributed by atoms with van der Waals surface area (Å²) in [6.45, 7) is 0. The minimum atomic E-state index is -3.90. The van der Waals surface area contributed by atoms with Crippen LogP contribution in [0.25, 0.3) is 0 Å². The second-order valence-corrected chi connectivity index (χ2v) is 3.71. The summed E-state index contributed by atoms with van der Waals surface area (Å²) >= 11 is 2.80. The quantitative estimate of drug-likeness (QED) is 0.632. The lowest BCUT2D eigenvalue weighted by atomic mass is 11.1. The van der Waals surface area contributed by atoms with Gasteiger partial charge >= 0.3 is 10.2 Å². The van der Waals surface area contributed by atoms with E-state index >= 15 is 0 Å². The molecule has 0 spiro atoms. The zero-order valence-corrected chi connectivity index (χ0v) is 7.50. The Hall–Kier alpha value is -0.670. The van der Waals surface area contributed by atoms with Crippen LogP contribution in [-0.4, -0.2) is 22.6 Å². The maximum Gasteiger partial charge on any atom is 0.320 e. The van der Waals surface area contributed by atoms with Crippen LogP contribution in [0, 0.1) is 0 Å². The molecule has 0 amide bonds. The van der Waals surface area contributed by atoms with Crippen LogP contribution in [0.2, 0.25) is 0 Å². The minimum Gasteiger partial charge on any atom is -0.366 e. The third-order valence-corrected chi connectivity index (χ3v) is 2.28. The summed E-state index contributed by atoms with van der Waals surface area (Å²) in [6, 6.07) is 0. The van der Waals surface area contributed by atoms with Crippen molar-refractivity contribution in [3.05, 3.63) is 4.73 Å². The highest BCUT2D eigenvalue weighted by Gasteiger charge is 2.13. The van der Waals surface area contributed by atoms with E-state index in [0.717, 1.165) is 0 Å². The lowest BCUT2D eigenvalue weighted by Gasteiger charge is -1.94. The largest absolute Gasteiger partial charge is 0.366 e. The van der Waals surface area contributed by atoms with Gasteiger partial charge in [-0.2, -0.15) is 13.4 Å². The van der Waals surface area contributed by atoms with Crippen LogP contribution in [0.15, 0.2) is 4.73 Å². The molecule has 11 heavy (non-hydrogen) atoms. The number of nitrogens with two attached hydrogens (primary N) is 2. The normalized spacial score (nSPS) is 11.8. The molecule has 62 valence electrons. The van der Waals surface area contributed by atoms with Gasteiger partial charge in [0.2, 0.25) is 10.7 Å². The Morgan fingerprint density at radius 1 is 1.55 bits per heavy atom. The van der Waals surface area contributed by atoms with E-state index in [0.29, 0.717) is 4.09 Å². The lowest BCUT2D eigenvalue weighted by molar-refractivity contribution is 0.580. The number of nitrogen functional groups attached to an aromatic ring is 1. The fourth-order valence-corrected chi connectivity index (χ4v) is 1.77. The predicted molar refractivity (Wildman–Crippen MR) is 40.6 cm³/mol. The van der Waals surface area contributed by atoms with E-state index in [-0.39, 0.29) is 10.7 Å². The maximum atomic E-state index is 10.6. The van der Waals surface area contributed by atoms with Crippen LogP contribution >= 0.6 is 15.9 Å². The molecule has 1 aromatic heterocycles. The van der Waals surface area contributed by atoms with Gasteiger partial charge < -0.3 is 5.73 Å². The molecule has 0 fully saturated rings. The van der Waals surface area contributed by atoms with Gasteiger partial charge in [0.15, 0.2) is 0 Å². The lowest BCUT2D eigenvalue weighted by Crippen LogP contribution is -2.23. The van der Waals surface area contributed by atoms with Crippen molar-refractivity contribution in [2.75, 3.05) is 5.73 Å². The van der Waals surface area contributed by atoms with Gasteiger partial charge in [-0.1, -0.05) is 0 Å². The summed E-state index contributed by atoms with van der Waals surface area (Å²) in [4.78, 5) is 3.46. The number of hydrogen-bond donors (Lipinski definition) is 2. The van der Waals surface area contributed by atoms with Crippen molar-refractivity contribution in [1.29, 1.82) is 0 Å². The summed E-state index contributed by atoms with van der Waals surface area (Å²) in [5.41, 5.74) is 5.08. The molecule has 7 nitrogen and oxygen atoms in total. The van der Waals surface area contributed by atoms with E-state index in [1.54, 1.807) is 0 Å². The van der Waals surface area contributed by atoms with E-state index in [4.69, 9.17) is 10.9 Å². The van der Waals surface area contributed by atoms with Crippen molar-refractivity contribution >= 4 is 32.1 Å². The molecule has 0 atom stereocenters. The molecule has 0 aliphatic carbocycles. The van der Waals surface area contributed by atoms with Gasteiger partial charge in [0.05, 0.1) is 0 Å². The first-order chi connectivity index (χ1) is 4.91. The van der Waals surface area contributed by atoms with Crippen LogP contribution in [0.5, 0.6) is 0 Å². The molecule has 0 aromatic carbocycles. The number of nitrogens with zero attached hydrogens (tertiary/aromatic N) is 3. The Bertz CT molecular complexity index is 368. The van der Waals surface area contributed by atoms with Gasteiger partial charge in [0.1, 0.15) is 0 Å². The molecule has 0 unspecified atom stereocenters. The monoisotopic (exact) mass is 241 g/mol. The summed E-state index contributed by atoms with van der Waals surface area (Å²) in [6.07, 6.45) is 0. The zero-order valence-electron chi connectivity index (χ0n) is 5.10. The number of anilines is 1. The molecule has 1 heterocycles. The summed E-state index contributed by atoms with van der Waals surface area (Å²) in [5.74, 6) is -0.161. The Kier molecular flexibility index (Phi) is 1.86. The molecule has 0 aliphatic heterocycles. The zero-order chi connectivity index (χ0) is 8.65. The third kappa shape index (κ3) is 1.67. The maximum absolute atomic E-state index is 10.6. The molecular formula is C2H4BrN5O2S. The van der Waals surface area contributed by atoms with Crippen molar-refractivity contribution in [3.8, 4) is 0 Å². The summed E-state index contributed by atoms with van der Waals surface area (Å²) in [5, 5.41) is 8.02. The van der Waals surface area contributed by atoms with Crippen LogP contribution in [0.4, 0.5) is 5.95 Å². The van der Waals surface area contributed by atoms with Gasteiger partial charge in [-0.25, -0.2) is 5.14 Å². The van der Waals surface area contributed by atoms with Crippen molar-refractivity contribution < 1.29 is 8.42 Å². The van der Waals surface area contributed by atoms with Gasteiger partial charge in [-0.05, 0) is 15.9 Å². The van der Waals surface area contributed by atoms with E-state index in [2.05, 4.69) is 26.0 Å². The van der Waals surface area contributed by atoms with Crippen molar-refractivity contribution in [2.24, 2.45) is 5.14 Å². The smallest absolute Gasteiger partial charge is 0.320 e. The number of halogens is 1. The molecule has 1 aromatic rings. The van der Waals surface area contributed by atoms with E-state index < -0.39 is 10.2 Å². The van der Waals surface area contributed by atoms with Gasteiger partial charge in [0, 0.05) is 0 Å². The summed E-state index contributed by atoms with van der Waals surface area (Å²) < 4.78 is 21.7. The number of rotatable bonds is 1. The first-order valence-corrected chi connectivity index (χ1v) is 4.62. The van der Waals surface area contributed by atoms with Gasteiger partial charge in [-0.15, -0.1) is 9.19 Å². The molecule has 0 aliphatic rings. The van der Waals surface area contributed by atoms with Gasteiger partial charge in [-0.3, -0.25) is 0 Å². The van der Waals surface area contributed by atoms with E-state index in [1.165, 1.54) is 0 Å². The van der Waals surface area contributed by atoms with Crippen molar-refractivity contribution in [3.63, 3.8) is 0 Å². The Morgan fingerprint density at radius 2 is 2.09 bits per heavy atom. The fraction of sp³-hybridized carbons (Fsp3) is 0. The van der Waals surface area contributed by atoms with Crippen molar-refractivity contribution in [2.45, 2.75) is 0 Å². The Balaban J connectivity index is 3.36. The Labute approximate surface area is 70.7 Å². The molecule has 4 N–H and O–H groups in total. The van der Waals surface area contributed by atoms with Crippen molar-refractivity contribution in [1.82, 2.24) is 14.2 Å². The van der Waals surface area contributed by atoms with Gasteiger partial charge in [0.25, 0.3) is 0 Å². The number of aromatic nitrogens is 3. The first kappa shape index (κ1) is 8.43. The average molecular weight is 242 g/mol. The molecule has 1 rings (SSSR count). The average Bonchev–Trinajstić information content (AvgIpc) is 2.08. The molecule has 9 heteroatoms. The third-order valence-electron chi connectivity index (χ3n) is 0.799. The number of hydrogen-bond acceptors (Lipinski definition) is 5. The highest BCUT2D eigenvalue weighted by atomic mass is 79.9. The molecule has 0 saturated heterocycles. The molecule has 0 saturated carbocycles. The molecule has 0 bridgehead atoms. The standard InChI is InChI=1S/C2H4BrN5O2S/c3-1-6-2(4)7-8(1)11(5,9)10/h(H2,4,7)(H2,5,9,10). The van der Waals surface area contributed by atoms with Crippen LogP contribution in [0.1, 0.15) is 0 Å². The minimum absolute atomic E-state index is 0.0440. The molecular weight excluding hydrogens is 238 g/mol. The second-order valence-electron chi connectivity index (χ2n) is 1.63. The first-order valence-electron chi connectivity index (χ1n) is 2.32. The predicted octanol–water partition coefficient (Wildman–Crippen LogP) is -1.33. The van der Waals surface area contributed by atoms with E-state index in [1.807, 2.05) is 0 Å². The Morgan fingerprint density at radius 3 is 2.27 bits per heavy atom. The van der Waals surface area contributed by atoms with Crippen LogP contribution in [0.3, 0.4) is 0 Å². The fourth-order valence-electron chi connectivity index (χ4n) is 0.456. The van der Waals surface area contributed by atoms with Crippen LogP contribution < -0.4 is 10.9 Å². The van der Waals surface area contributed by atoms with E-state index in [9.17, 15) is 8.42 Å².